The zero-order valence-corrected chi connectivity index (χ0v) is 12.2. The van der Waals surface area contributed by atoms with Crippen molar-refractivity contribution >= 4 is 21.8 Å². The molecule has 0 bridgehead atoms. The Morgan fingerprint density at radius 1 is 1.19 bits per heavy atom. The second-order valence-electron chi connectivity index (χ2n) is 6.12. The van der Waals surface area contributed by atoms with Crippen LogP contribution in [0.25, 0.3) is 21.8 Å². The van der Waals surface area contributed by atoms with Crippen LogP contribution in [0.3, 0.4) is 0 Å². The van der Waals surface area contributed by atoms with E-state index in [1.165, 1.54) is 25.7 Å². The topological polar surface area (TPSA) is 39.8 Å². The standard InChI is InChI=1S/C17H19N3O/c1-19-15-9-5-4-8-13(15)14-10-18-20(17(21)16(14)19)11-12-6-2-3-7-12/h4-5,8-10,12H,2-3,6-7,11H2,1H3. The molecule has 1 aliphatic rings. The van der Waals surface area contributed by atoms with E-state index < -0.39 is 0 Å². The van der Waals surface area contributed by atoms with E-state index in [0.717, 1.165) is 28.4 Å². The van der Waals surface area contributed by atoms with Crippen LogP contribution in [0.2, 0.25) is 0 Å². The second kappa shape index (κ2) is 4.72. The van der Waals surface area contributed by atoms with Gasteiger partial charge >= 0.3 is 0 Å². The van der Waals surface area contributed by atoms with Gasteiger partial charge in [0.25, 0.3) is 5.56 Å². The van der Waals surface area contributed by atoms with Gasteiger partial charge in [-0.05, 0) is 24.8 Å². The molecule has 0 spiro atoms. The van der Waals surface area contributed by atoms with Crippen molar-refractivity contribution in [1.82, 2.24) is 14.3 Å². The van der Waals surface area contributed by atoms with Crippen LogP contribution < -0.4 is 5.56 Å². The van der Waals surface area contributed by atoms with Crippen molar-refractivity contribution in [3.8, 4) is 0 Å². The summed E-state index contributed by atoms with van der Waals surface area (Å²) in [6.45, 7) is 0.760. The molecule has 0 aliphatic heterocycles. The predicted molar refractivity (Wildman–Crippen MR) is 84.4 cm³/mol. The van der Waals surface area contributed by atoms with Gasteiger partial charge in [-0.2, -0.15) is 5.10 Å². The number of fused-ring (bicyclic) bond motifs is 3. The van der Waals surface area contributed by atoms with E-state index in [0.29, 0.717) is 5.92 Å². The Morgan fingerprint density at radius 3 is 2.76 bits per heavy atom. The number of aromatic nitrogens is 3. The largest absolute Gasteiger partial charge is 0.339 e. The Balaban J connectivity index is 1.92. The molecule has 0 unspecified atom stereocenters. The van der Waals surface area contributed by atoms with Gasteiger partial charge in [-0.1, -0.05) is 31.0 Å². The molecule has 0 N–H and O–H groups in total. The summed E-state index contributed by atoms with van der Waals surface area (Å²) in [5, 5.41) is 6.49. The summed E-state index contributed by atoms with van der Waals surface area (Å²) in [6.07, 6.45) is 6.88. The molecule has 1 fully saturated rings. The Kier molecular flexibility index (Phi) is 2.84. The fourth-order valence-corrected chi connectivity index (χ4v) is 3.68. The summed E-state index contributed by atoms with van der Waals surface area (Å²) in [5.41, 5.74) is 1.90. The maximum Gasteiger partial charge on any atom is 0.291 e. The minimum absolute atomic E-state index is 0.0399. The first kappa shape index (κ1) is 12.6. The molecule has 0 amide bonds. The highest BCUT2D eigenvalue weighted by Gasteiger charge is 2.18. The highest BCUT2D eigenvalue weighted by molar-refractivity contribution is 6.07. The van der Waals surface area contributed by atoms with Crippen LogP contribution in [0, 0.1) is 5.92 Å². The zero-order valence-electron chi connectivity index (χ0n) is 12.2. The lowest BCUT2D eigenvalue weighted by molar-refractivity contribution is 0.417. The van der Waals surface area contributed by atoms with Crippen LogP contribution in [0.4, 0.5) is 0 Å². The number of hydrogen-bond donors (Lipinski definition) is 0. The van der Waals surface area contributed by atoms with Crippen molar-refractivity contribution in [2.75, 3.05) is 0 Å². The molecule has 1 saturated carbocycles. The summed E-state index contributed by atoms with van der Waals surface area (Å²) >= 11 is 0. The van der Waals surface area contributed by atoms with Crippen molar-refractivity contribution in [3.05, 3.63) is 40.8 Å². The minimum Gasteiger partial charge on any atom is -0.339 e. The van der Waals surface area contributed by atoms with Gasteiger partial charge in [0, 0.05) is 29.9 Å². The highest BCUT2D eigenvalue weighted by atomic mass is 16.1. The van der Waals surface area contributed by atoms with Gasteiger partial charge < -0.3 is 4.57 Å². The van der Waals surface area contributed by atoms with Crippen molar-refractivity contribution in [2.24, 2.45) is 13.0 Å². The third-order valence-electron chi connectivity index (χ3n) is 4.82. The second-order valence-corrected chi connectivity index (χ2v) is 6.12. The number of para-hydroxylation sites is 1. The molecule has 21 heavy (non-hydrogen) atoms. The van der Waals surface area contributed by atoms with E-state index in [9.17, 15) is 4.79 Å². The maximum absolute atomic E-state index is 12.8. The molecule has 1 aliphatic carbocycles. The van der Waals surface area contributed by atoms with E-state index in [4.69, 9.17) is 0 Å². The van der Waals surface area contributed by atoms with Crippen LogP contribution in [0.1, 0.15) is 25.7 Å². The van der Waals surface area contributed by atoms with Crippen LogP contribution in [0.5, 0.6) is 0 Å². The fraction of sp³-hybridized carbons (Fsp3) is 0.412. The minimum atomic E-state index is 0.0399. The third-order valence-corrected chi connectivity index (χ3v) is 4.82. The van der Waals surface area contributed by atoms with Gasteiger partial charge in [-0.3, -0.25) is 4.79 Å². The Bertz CT molecular complexity index is 869. The van der Waals surface area contributed by atoms with Gasteiger partial charge in [0.1, 0.15) is 5.52 Å². The number of benzene rings is 1. The maximum atomic E-state index is 12.8. The average molecular weight is 281 g/mol. The van der Waals surface area contributed by atoms with E-state index in [1.54, 1.807) is 4.68 Å². The monoisotopic (exact) mass is 281 g/mol. The molecule has 2 heterocycles. The van der Waals surface area contributed by atoms with Gasteiger partial charge in [-0.25, -0.2) is 4.68 Å². The predicted octanol–water partition coefficient (Wildman–Crippen LogP) is 3.08. The van der Waals surface area contributed by atoms with E-state index in [2.05, 4.69) is 17.2 Å². The summed E-state index contributed by atoms with van der Waals surface area (Å²) in [6, 6.07) is 8.12. The molecule has 0 radical (unpaired) electrons. The first-order valence-corrected chi connectivity index (χ1v) is 7.69. The fourth-order valence-electron chi connectivity index (χ4n) is 3.68. The van der Waals surface area contributed by atoms with Gasteiger partial charge in [0.15, 0.2) is 0 Å². The van der Waals surface area contributed by atoms with E-state index in [-0.39, 0.29) is 5.56 Å². The Hall–Kier alpha value is -2.10. The Morgan fingerprint density at radius 2 is 1.95 bits per heavy atom. The average Bonchev–Trinajstić information content (AvgIpc) is 3.10. The molecule has 1 aromatic carbocycles. The number of rotatable bonds is 2. The van der Waals surface area contributed by atoms with Gasteiger partial charge in [-0.15, -0.1) is 0 Å². The molecule has 4 nitrogen and oxygen atoms in total. The van der Waals surface area contributed by atoms with Crippen LogP contribution >= 0.6 is 0 Å². The van der Waals surface area contributed by atoms with Crippen molar-refractivity contribution in [3.63, 3.8) is 0 Å². The lowest BCUT2D eigenvalue weighted by Gasteiger charge is -2.10. The molecule has 0 atom stereocenters. The molecular weight excluding hydrogens is 262 g/mol. The van der Waals surface area contributed by atoms with Gasteiger partial charge in [0.05, 0.1) is 6.20 Å². The lowest BCUT2D eigenvalue weighted by atomic mass is 10.1. The Labute approximate surface area is 123 Å². The van der Waals surface area contributed by atoms with E-state index >= 15 is 0 Å². The summed E-state index contributed by atoms with van der Waals surface area (Å²) < 4.78 is 3.66. The zero-order chi connectivity index (χ0) is 14.4. The molecule has 4 heteroatoms. The van der Waals surface area contributed by atoms with Crippen LogP contribution in [-0.4, -0.2) is 14.3 Å². The van der Waals surface area contributed by atoms with Crippen LogP contribution in [-0.2, 0) is 13.6 Å². The van der Waals surface area contributed by atoms with E-state index in [1.807, 2.05) is 29.9 Å². The smallest absolute Gasteiger partial charge is 0.291 e. The molecule has 0 saturated heterocycles. The third kappa shape index (κ3) is 1.89. The van der Waals surface area contributed by atoms with Crippen LogP contribution in [0.15, 0.2) is 35.3 Å². The van der Waals surface area contributed by atoms with Crippen molar-refractivity contribution in [2.45, 2.75) is 32.2 Å². The lowest BCUT2D eigenvalue weighted by Crippen LogP contribution is -2.26. The van der Waals surface area contributed by atoms with Crippen molar-refractivity contribution in [1.29, 1.82) is 0 Å². The normalized spacial score (nSPS) is 16.2. The molecule has 2 aromatic heterocycles. The molecule has 108 valence electrons. The van der Waals surface area contributed by atoms with Gasteiger partial charge in [0.2, 0.25) is 0 Å². The number of nitrogens with zero attached hydrogens (tertiary/aromatic N) is 3. The SMILES string of the molecule is Cn1c2ccccc2c2cnn(CC3CCCC3)c(=O)c21. The summed E-state index contributed by atoms with van der Waals surface area (Å²) in [7, 11) is 1.96. The number of aryl methyl sites for hydroxylation is 1. The number of hydrogen-bond acceptors (Lipinski definition) is 2. The molecule has 4 rings (SSSR count). The van der Waals surface area contributed by atoms with Crippen molar-refractivity contribution < 1.29 is 0 Å². The molecular formula is C17H19N3O. The quantitative estimate of drug-likeness (QED) is 0.724. The highest BCUT2D eigenvalue weighted by Crippen LogP contribution is 2.27. The molecule has 3 aromatic rings. The summed E-state index contributed by atoms with van der Waals surface area (Å²) in [5.74, 6) is 0.613. The first-order valence-electron chi connectivity index (χ1n) is 7.69. The summed E-state index contributed by atoms with van der Waals surface area (Å²) in [4.78, 5) is 12.8. The first-order chi connectivity index (χ1) is 10.3.